The second kappa shape index (κ2) is 6.76. The molecule has 0 fully saturated rings. The minimum Gasteiger partial charge on any atom is -0.489 e. The van der Waals surface area contributed by atoms with E-state index >= 15 is 0 Å². The predicted octanol–water partition coefficient (Wildman–Crippen LogP) is 3.73. The van der Waals surface area contributed by atoms with Crippen LogP contribution in [0.15, 0.2) is 66.9 Å². The van der Waals surface area contributed by atoms with E-state index in [1.54, 1.807) is 24.0 Å². The Morgan fingerprint density at radius 1 is 1.15 bits per heavy atom. The van der Waals surface area contributed by atoms with E-state index in [0.29, 0.717) is 18.1 Å². The van der Waals surface area contributed by atoms with Crippen LogP contribution in [-0.4, -0.2) is 20.7 Å². The van der Waals surface area contributed by atoms with Crippen molar-refractivity contribution in [3.05, 3.63) is 78.1 Å². The standard InChI is InChI=1S/C20H18N4O2/c1-24-19(9-10-21-24)23-20(25)18-11-15-7-8-16(12-17(15)22-18)26-13-14-5-3-2-4-6-14/h2-12,22H,13H2,1H3,(H,23,25). The fourth-order valence-corrected chi connectivity index (χ4v) is 2.74. The minimum absolute atomic E-state index is 0.212. The molecule has 1 amide bonds. The fourth-order valence-electron chi connectivity index (χ4n) is 2.74. The number of aryl methyl sites for hydroxylation is 1. The molecule has 0 spiro atoms. The number of nitrogens with zero attached hydrogens (tertiary/aromatic N) is 2. The highest BCUT2D eigenvalue weighted by Gasteiger charge is 2.12. The van der Waals surface area contributed by atoms with Gasteiger partial charge in [0.15, 0.2) is 0 Å². The molecular weight excluding hydrogens is 328 g/mol. The third-order valence-corrected chi connectivity index (χ3v) is 4.15. The van der Waals surface area contributed by atoms with Crippen LogP contribution >= 0.6 is 0 Å². The number of benzene rings is 2. The van der Waals surface area contributed by atoms with Gasteiger partial charge in [0.1, 0.15) is 23.9 Å². The van der Waals surface area contributed by atoms with Gasteiger partial charge in [-0.1, -0.05) is 30.3 Å². The Bertz CT molecular complexity index is 1050. The third kappa shape index (κ3) is 3.30. The lowest BCUT2D eigenvalue weighted by Gasteiger charge is -2.06. The van der Waals surface area contributed by atoms with Crippen molar-refractivity contribution in [2.45, 2.75) is 6.61 Å². The van der Waals surface area contributed by atoms with Gasteiger partial charge in [-0.2, -0.15) is 5.10 Å². The molecule has 2 heterocycles. The van der Waals surface area contributed by atoms with E-state index in [0.717, 1.165) is 22.2 Å². The number of carbonyl (C=O) groups excluding carboxylic acids is 1. The first-order valence-electron chi connectivity index (χ1n) is 8.28. The van der Waals surface area contributed by atoms with Gasteiger partial charge in [0.25, 0.3) is 5.91 Å². The molecule has 6 nitrogen and oxygen atoms in total. The molecule has 2 N–H and O–H groups in total. The van der Waals surface area contributed by atoms with Crippen LogP contribution in [0.4, 0.5) is 5.82 Å². The van der Waals surface area contributed by atoms with Crippen LogP contribution < -0.4 is 10.1 Å². The van der Waals surface area contributed by atoms with Crippen molar-refractivity contribution in [3.8, 4) is 5.75 Å². The number of ether oxygens (including phenoxy) is 1. The van der Waals surface area contributed by atoms with E-state index in [-0.39, 0.29) is 5.91 Å². The topological polar surface area (TPSA) is 71.9 Å². The molecule has 4 rings (SSSR count). The summed E-state index contributed by atoms with van der Waals surface area (Å²) in [5.74, 6) is 1.18. The van der Waals surface area contributed by atoms with Crippen molar-refractivity contribution in [1.82, 2.24) is 14.8 Å². The maximum Gasteiger partial charge on any atom is 0.273 e. The van der Waals surface area contributed by atoms with Gasteiger partial charge in [-0.15, -0.1) is 0 Å². The summed E-state index contributed by atoms with van der Waals surface area (Å²) in [5, 5.41) is 7.82. The molecule has 0 unspecified atom stereocenters. The average molecular weight is 346 g/mol. The molecule has 2 aromatic heterocycles. The largest absolute Gasteiger partial charge is 0.489 e. The Morgan fingerprint density at radius 2 is 2.00 bits per heavy atom. The Hall–Kier alpha value is -3.54. The van der Waals surface area contributed by atoms with Crippen molar-refractivity contribution in [1.29, 1.82) is 0 Å². The van der Waals surface area contributed by atoms with E-state index in [9.17, 15) is 4.79 Å². The molecule has 2 aromatic carbocycles. The molecule has 0 aliphatic carbocycles. The highest BCUT2D eigenvalue weighted by atomic mass is 16.5. The van der Waals surface area contributed by atoms with Crippen LogP contribution in [0.2, 0.25) is 0 Å². The highest BCUT2D eigenvalue weighted by Crippen LogP contribution is 2.23. The summed E-state index contributed by atoms with van der Waals surface area (Å²) in [5.41, 5.74) is 2.45. The molecule has 0 atom stereocenters. The molecule has 0 bridgehead atoms. The van der Waals surface area contributed by atoms with Crippen LogP contribution in [0.5, 0.6) is 5.75 Å². The zero-order valence-electron chi connectivity index (χ0n) is 14.3. The van der Waals surface area contributed by atoms with Gasteiger partial charge in [0.2, 0.25) is 0 Å². The molecule has 0 aliphatic heterocycles. The number of hydrogen-bond donors (Lipinski definition) is 2. The third-order valence-electron chi connectivity index (χ3n) is 4.15. The van der Waals surface area contributed by atoms with Crippen molar-refractivity contribution < 1.29 is 9.53 Å². The first-order valence-corrected chi connectivity index (χ1v) is 8.28. The minimum atomic E-state index is -0.212. The molecule has 0 saturated heterocycles. The quantitative estimate of drug-likeness (QED) is 0.578. The number of carbonyl (C=O) groups is 1. The molecular formula is C20H18N4O2. The van der Waals surface area contributed by atoms with Gasteiger partial charge >= 0.3 is 0 Å². The summed E-state index contributed by atoms with van der Waals surface area (Å²) in [6.07, 6.45) is 1.64. The molecule has 0 aliphatic rings. The zero-order chi connectivity index (χ0) is 17.9. The maximum atomic E-state index is 12.4. The number of aromatic nitrogens is 3. The summed E-state index contributed by atoms with van der Waals surface area (Å²) in [4.78, 5) is 15.6. The number of rotatable bonds is 5. The molecule has 0 saturated carbocycles. The van der Waals surface area contributed by atoms with Gasteiger partial charge in [-0.25, -0.2) is 0 Å². The number of amides is 1. The van der Waals surface area contributed by atoms with E-state index < -0.39 is 0 Å². The van der Waals surface area contributed by atoms with Gasteiger partial charge < -0.3 is 15.0 Å². The summed E-state index contributed by atoms with van der Waals surface area (Å²) in [6.45, 7) is 0.501. The van der Waals surface area contributed by atoms with Gasteiger partial charge in [-0.05, 0) is 23.8 Å². The Morgan fingerprint density at radius 3 is 2.77 bits per heavy atom. The van der Waals surface area contributed by atoms with Crippen molar-refractivity contribution in [3.63, 3.8) is 0 Å². The number of nitrogens with one attached hydrogen (secondary N) is 2. The van der Waals surface area contributed by atoms with E-state index in [1.807, 2.05) is 54.6 Å². The monoisotopic (exact) mass is 346 g/mol. The van der Waals surface area contributed by atoms with E-state index in [1.165, 1.54) is 0 Å². The molecule has 26 heavy (non-hydrogen) atoms. The number of fused-ring (bicyclic) bond motifs is 1. The lowest BCUT2D eigenvalue weighted by atomic mass is 10.2. The SMILES string of the molecule is Cn1nccc1NC(=O)c1cc2ccc(OCc3ccccc3)cc2[nH]1. The second-order valence-corrected chi connectivity index (χ2v) is 6.00. The Kier molecular flexibility index (Phi) is 4.15. The lowest BCUT2D eigenvalue weighted by Crippen LogP contribution is -2.14. The molecule has 4 aromatic rings. The second-order valence-electron chi connectivity index (χ2n) is 6.00. The van der Waals surface area contributed by atoms with Crippen molar-refractivity contribution >= 4 is 22.6 Å². The molecule has 6 heteroatoms. The van der Waals surface area contributed by atoms with Gasteiger partial charge in [-0.3, -0.25) is 9.48 Å². The Balaban J connectivity index is 1.50. The number of aromatic amines is 1. The maximum absolute atomic E-state index is 12.4. The lowest BCUT2D eigenvalue weighted by molar-refractivity contribution is 0.102. The normalized spacial score (nSPS) is 10.8. The first kappa shape index (κ1) is 16.0. The summed E-state index contributed by atoms with van der Waals surface area (Å²) < 4.78 is 7.45. The van der Waals surface area contributed by atoms with Crippen LogP contribution in [-0.2, 0) is 13.7 Å². The molecule has 0 radical (unpaired) electrons. The Labute approximate surface area is 150 Å². The van der Waals surface area contributed by atoms with E-state index in [2.05, 4.69) is 15.4 Å². The van der Waals surface area contributed by atoms with Crippen LogP contribution in [0.25, 0.3) is 10.9 Å². The van der Waals surface area contributed by atoms with Crippen LogP contribution in [0.1, 0.15) is 16.1 Å². The van der Waals surface area contributed by atoms with Gasteiger partial charge in [0.05, 0.1) is 6.20 Å². The highest BCUT2D eigenvalue weighted by molar-refractivity contribution is 6.05. The van der Waals surface area contributed by atoms with Crippen molar-refractivity contribution in [2.75, 3.05) is 5.32 Å². The van der Waals surface area contributed by atoms with Crippen LogP contribution in [0, 0.1) is 0 Å². The summed E-state index contributed by atoms with van der Waals surface area (Å²) in [6, 6.07) is 19.3. The predicted molar refractivity (Wildman–Crippen MR) is 100 cm³/mol. The number of hydrogen-bond acceptors (Lipinski definition) is 3. The van der Waals surface area contributed by atoms with Crippen molar-refractivity contribution in [2.24, 2.45) is 7.05 Å². The first-order chi connectivity index (χ1) is 12.7. The average Bonchev–Trinajstić information content (AvgIpc) is 3.26. The van der Waals surface area contributed by atoms with Gasteiger partial charge in [0, 0.05) is 30.1 Å². The summed E-state index contributed by atoms with van der Waals surface area (Å²) >= 11 is 0. The molecule has 130 valence electrons. The van der Waals surface area contributed by atoms with E-state index in [4.69, 9.17) is 4.74 Å². The van der Waals surface area contributed by atoms with Crippen LogP contribution in [0.3, 0.4) is 0 Å². The number of anilines is 1. The number of H-pyrrole nitrogens is 1. The summed E-state index contributed by atoms with van der Waals surface area (Å²) in [7, 11) is 1.77. The smallest absolute Gasteiger partial charge is 0.273 e. The zero-order valence-corrected chi connectivity index (χ0v) is 14.3. The fraction of sp³-hybridized carbons (Fsp3) is 0.100.